The van der Waals surface area contributed by atoms with Crippen LogP contribution in [0, 0.1) is 30.0 Å². The van der Waals surface area contributed by atoms with E-state index in [2.05, 4.69) is 20.7 Å². The molecule has 1 aliphatic heterocycles. The maximum Gasteiger partial charge on any atom is 0.247 e. The number of fused-ring (bicyclic) bond motifs is 1. The summed E-state index contributed by atoms with van der Waals surface area (Å²) in [7, 11) is 1.93. The Morgan fingerprint density at radius 3 is 2.85 bits per heavy atom. The third-order valence-corrected chi connectivity index (χ3v) is 5.81. The highest BCUT2D eigenvalue weighted by Gasteiger charge is 2.34. The lowest BCUT2D eigenvalue weighted by molar-refractivity contribution is -0.118. The van der Waals surface area contributed by atoms with Crippen molar-refractivity contribution in [3.8, 4) is 6.07 Å². The van der Waals surface area contributed by atoms with Crippen LogP contribution in [0.2, 0.25) is 0 Å². The Kier molecular flexibility index (Phi) is 6.01. The largest absolute Gasteiger partial charge is 0.366 e. The molecule has 0 saturated carbocycles. The third kappa shape index (κ3) is 4.51. The summed E-state index contributed by atoms with van der Waals surface area (Å²) in [5.41, 5.74) is 4.36. The second kappa shape index (κ2) is 8.90. The predicted molar refractivity (Wildman–Crippen MR) is 124 cm³/mol. The van der Waals surface area contributed by atoms with Gasteiger partial charge in [-0.3, -0.25) is 9.48 Å². The van der Waals surface area contributed by atoms with Crippen molar-refractivity contribution in [2.75, 3.05) is 22.6 Å². The minimum absolute atomic E-state index is 0.0151. The smallest absolute Gasteiger partial charge is 0.247 e. The summed E-state index contributed by atoms with van der Waals surface area (Å²) in [5.74, 6) is 0.425. The highest BCUT2D eigenvalue weighted by molar-refractivity contribution is 6.04. The molecule has 33 heavy (non-hydrogen) atoms. The van der Waals surface area contributed by atoms with E-state index < -0.39 is 5.82 Å². The first-order valence-electron chi connectivity index (χ1n) is 10.8. The van der Waals surface area contributed by atoms with Crippen molar-refractivity contribution in [1.82, 2.24) is 14.8 Å². The first-order valence-corrected chi connectivity index (χ1v) is 10.8. The van der Waals surface area contributed by atoms with Crippen LogP contribution in [0.5, 0.6) is 0 Å². The number of carbonyl (C=O) groups excluding carboxylic acids is 1. The Bertz CT molecular complexity index is 1240. The minimum atomic E-state index is -0.432. The number of nitrogens with zero attached hydrogens (tertiary/aromatic N) is 5. The number of likely N-dealkylation sites (N-methyl/N-ethyl adjacent to an activating group) is 1. The van der Waals surface area contributed by atoms with Gasteiger partial charge in [0.2, 0.25) is 5.91 Å². The van der Waals surface area contributed by atoms with Crippen LogP contribution in [0.4, 0.5) is 21.6 Å². The standard InChI is InChI=1S/C24H26FN7O/c1-14(2)23-24(33)30-22-15(3)29-21(8-20(22)31(23)4)27-10-16-11-28-32(12-16)13-17-5-6-19(25)7-18(17)9-26/h5-8,11-12,14,23H,10,13H2,1-4H3,(H,27,29)(H,30,33)/t23-/m0/s1. The first kappa shape index (κ1) is 22.3. The molecule has 0 saturated heterocycles. The summed E-state index contributed by atoms with van der Waals surface area (Å²) in [4.78, 5) is 19.1. The molecule has 0 radical (unpaired) electrons. The molecule has 2 aromatic heterocycles. The second-order valence-corrected chi connectivity index (χ2v) is 8.59. The van der Waals surface area contributed by atoms with E-state index in [1.54, 1.807) is 16.9 Å². The Balaban J connectivity index is 1.48. The summed E-state index contributed by atoms with van der Waals surface area (Å²) in [6.45, 7) is 6.81. The molecule has 1 atom stereocenters. The molecule has 2 N–H and O–H groups in total. The van der Waals surface area contributed by atoms with Crippen molar-refractivity contribution in [3.63, 3.8) is 0 Å². The number of benzene rings is 1. The molecule has 3 aromatic rings. The average molecular weight is 448 g/mol. The van der Waals surface area contributed by atoms with Crippen molar-refractivity contribution < 1.29 is 9.18 Å². The summed E-state index contributed by atoms with van der Waals surface area (Å²) >= 11 is 0. The molecular formula is C24H26FN7O. The van der Waals surface area contributed by atoms with Crippen LogP contribution in [0.1, 0.15) is 36.2 Å². The molecule has 0 spiro atoms. The monoisotopic (exact) mass is 447 g/mol. The molecule has 4 rings (SSSR count). The number of nitriles is 1. The molecule has 1 aliphatic rings. The van der Waals surface area contributed by atoms with E-state index in [0.717, 1.165) is 22.6 Å². The van der Waals surface area contributed by atoms with E-state index in [-0.39, 0.29) is 17.9 Å². The number of hydrogen-bond acceptors (Lipinski definition) is 6. The van der Waals surface area contributed by atoms with E-state index in [1.165, 1.54) is 12.1 Å². The van der Waals surface area contributed by atoms with Crippen LogP contribution in [0.15, 0.2) is 36.7 Å². The number of aryl methyl sites for hydroxylation is 1. The fourth-order valence-corrected chi connectivity index (χ4v) is 4.19. The Morgan fingerprint density at radius 1 is 1.33 bits per heavy atom. The van der Waals surface area contributed by atoms with Crippen LogP contribution in [-0.2, 0) is 17.9 Å². The van der Waals surface area contributed by atoms with Gasteiger partial charge in [0.15, 0.2) is 0 Å². The third-order valence-electron chi connectivity index (χ3n) is 5.81. The summed E-state index contributed by atoms with van der Waals surface area (Å²) in [5, 5.41) is 19.9. The number of anilines is 3. The zero-order chi connectivity index (χ0) is 23.7. The zero-order valence-corrected chi connectivity index (χ0v) is 19.1. The van der Waals surface area contributed by atoms with E-state index >= 15 is 0 Å². The van der Waals surface area contributed by atoms with E-state index in [9.17, 15) is 14.4 Å². The van der Waals surface area contributed by atoms with Crippen molar-refractivity contribution in [3.05, 3.63) is 64.9 Å². The molecule has 1 aromatic carbocycles. The molecule has 9 heteroatoms. The topological polar surface area (TPSA) is 98.9 Å². The Labute approximate surface area is 192 Å². The van der Waals surface area contributed by atoms with Gasteiger partial charge in [0.1, 0.15) is 17.7 Å². The molecule has 0 bridgehead atoms. The van der Waals surface area contributed by atoms with Crippen LogP contribution in [-0.4, -0.2) is 33.8 Å². The summed E-state index contributed by atoms with van der Waals surface area (Å²) in [6, 6.07) is 7.91. The lowest BCUT2D eigenvalue weighted by Crippen LogP contribution is -2.49. The fraction of sp³-hybridized carbons (Fsp3) is 0.333. The molecule has 170 valence electrons. The van der Waals surface area contributed by atoms with Crippen LogP contribution >= 0.6 is 0 Å². The molecule has 0 unspecified atom stereocenters. The molecule has 1 amide bonds. The highest BCUT2D eigenvalue weighted by atomic mass is 19.1. The van der Waals surface area contributed by atoms with Gasteiger partial charge >= 0.3 is 0 Å². The van der Waals surface area contributed by atoms with Crippen molar-refractivity contribution in [1.29, 1.82) is 5.26 Å². The highest BCUT2D eigenvalue weighted by Crippen LogP contribution is 2.36. The van der Waals surface area contributed by atoms with Gasteiger partial charge in [0.25, 0.3) is 0 Å². The minimum Gasteiger partial charge on any atom is -0.366 e. The normalized spacial score (nSPS) is 15.2. The first-order chi connectivity index (χ1) is 15.8. The van der Waals surface area contributed by atoms with Crippen molar-refractivity contribution >= 4 is 23.1 Å². The van der Waals surface area contributed by atoms with Gasteiger partial charge in [-0.2, -0.15) is 10.4 Å². The Hall–Kier alpha value is -3.93. The van der Waals surface area contributed by atoms with Crippen LogP contribution in [0.3, 0.4) is 0 Å². The maximum absolute atomic E-state index is 13.4. The van der Waals surface area contributed by atoms with Gasteiger partial charge in [-0.15, -0.1) is 0 Å². The average Bonchev–Trinajstić information content (AvgIpc) is 3.21. The maximum atomic E-state index is 13.4. The van der Waals surface area contributed by atoms with Crippen LogP contribution < -0.4 is 15.5 Å². The second-order valence-electron chi connectivity index (χ2n) is 8.59. The van der Waals surface area contributed by atoms with Crippen LogP contribution in [0.25, 0.3) is 0 Å². The zero-order valence-electron chi connectivity index (χ0n) is 19.1. The van der Waals surface area contributed by atoms with Crippen molar-refractivity contribution in [2.45, 2.75) is 39.9 Å². The SMILES string of the molecule is Cc1nc(NCc2cnn(Cc3ccc(F)cc3C#N)c2)cc2c1NC(=O)[C@H](C(C)C)N2C. The number of amides is 1. The van der Waals surface area contributed by atoms with Gasteiger partial charge < -0.3 is 15.5 Å². The number of aromatic nitrogens is 3. The van der Waals surface area contributed by atoms with Gasteiger partial charge in [-0.25, -0.2) is 9.37 Å². The van der Waals surface area contributed by atoms with Gasteiger partial charge in [0, 0.05) is 31.4 Å². The number of nitrogens with one attached hydrogen (secondary N) is 2. The van der Waals surface area contributed by atoms with Gasteiger partial charge in [-0.1, -0.05) is 19.9 Å². The number of carbonyl (C=O) groups is 1. The van der Waals surface area contributed by atoms with Gasteiger partial charge in [0.05, 0.1) is 41.4 Å². The fourth-order valence-electron chi connectivity index (χ4n) is 4.19. The molecule has 0 aliphatic carbocycles. The van der Waals surface area contributed by atoms with E-state index in [1.807, 2.05) is 51.1 Å². The van der Waals surface area contributed by atoms with E-state index in [0.29, 0.717) is 30.0 Å². The number of rotatable bonds is 6. The predicted octanol–water partition coefficient (Wildman–Crippen LogP) is 3.67. The lowest BCUT2D eigenvalue weighted by atomic mass is 9.98. The summed E-state index contributed by atoms with van der Waals surface area (Å²) in [6.07, 6.45) is 3.62. The van der Waals surface area contributed by atoms with E-state index in [4.69, 9.17) is 0 Å². The quantitative estimate of drug-likeness (QED) is 0.598. The summed E-state index contributed by atoms with van der Waals surface area (Å²) < 4.78 is 15.1. The number of pyridine rings is 1. The molecule has 3 heterocycles. The number of halogens is 1. The van der Waals surface area contributed by atoms with Crippen molar-refractivity contribution in [2.24, 2.45) is 5.92 Å². The van der Waals surface area contributed by atoms with Gasteiger partial charge in [-0.05, 0) is 30.5 Å². The Morgan fingerprint density at radius 2 is 2.12 bits per heavy atom. The molecular weight excluding hydrogens is 421 g/mol. The lowest BCUT2D eigenvalue weighted by Gasteiger charge is -2.38. The molecule has 0 fully saturated rings. The molecule has 8 nitrogen and oxygen atoms in total. The number of hydrogen-bond donors (Lipinski definition) is 2.